The summed E-state index contributed by atoms with van der Waals surface area (Å²) in [6.45, 7) is 11.3. The smallest absolute Gasteiger partial charge is 0.166 e. The third kappa shape index (κ3) is 4.51. The topological polar surface area (TPSA) is 0 Å². The molecule has 0 atom stereocenters. The Morgan fingerprint density at radius 2 is 1.50 bits per heavy atom. The van der Waals surface area contributed by atoms with E-state index in [0.717, 1.165) is 17.7 Å². The molecule has 112 valence electrons. The van der Waals surface area contributed by atoms with Crippen molar-refractivity contribution in [2.45, 2.75) is 51.5 Å². The molecule has 0 saturated carbocycles. The van der Waals surface area contributed by atoms with Crippen LogP contribution in [0, 0.1) is 0 Å². The van der Waals surface area contributed by atoms with E-state index in [2.05, 4.69) is 45.6 Å². The van der Waals surface area contributed by atoms with Gasteiger partial charge in [0.05, 0.1) is 13.6 Å². The largest absolute Gasteiger partial charge is 0.416 e. The van der Waals surface area contributed by atoms with Crippen LogP contribution in [0.15, 0.2) is 36.0 Å². The second-order valence-corrected chi connectivity index (χ2v) is 12.0. The second-order valence-electron chi connectivity index (χ2n) is 6.77. The summed E-state index contributed by atoms with van der Waals surface area (Å²) in [5.74, 6) is 0. The van der Waals surface area contributed by atoms with E-state index in [4.69, 9.17) is 0 Å². The lowest BCUT2D eigenvalue weighted by Gasteiger charge is -2.34. The first-order chi connectivity index (χ1) is 8.93. The molecule has 0 radical (unpaired) electrons. The van der Waals surface area contributed by atoms with Crippen molar-refractivity contribution in [2.75, 3.05) is 0 Å². The third-order valence-electron chi connectivity index (χ3n) is 4.10. The van der Waals surface area contributed by atoms with Gasteiger partial charge in [-0.25, -0.2) is 0 Å². The van der Waals surface area contributed by atoms with E-state index in [9.17, 15) is 13.2 Å². The molecule has 0 spiro atoms. The normalized spacial score (nSPS) is 14.0. The third-order valence-corrected chi connectivity index (χ3v) is 9.04. The van der Waals surface area contributed by atoms with E-state index in [1.165, 1.54) is 0 Å². The molecule has 20 heavy (non-hydrogen) atoms. The Kier molecular flexibility index (Phi) is 4.90. The molecule has 0 aliphatic rings. The highest BCUT2D eigenvalue weighted by molar-refractivity contribution is 6.84. The second kappa shape index (κ2) is 5.76. The lowest BCUT2D eigenvalue weighted by molar-refractivity contribution is -0.137. The molecule has 4 heteroatoms. The monoisotopic (exact) mass is 300 g/mol. The van der Waals surface area contributed by atoms with Gasteiger partial charge in [-0.2, -0.15) is 13.2 Å². The standard InChI is InChI=1S/C16H23F3Si/c1-15(2,3)20(4,5)12-6-7-13-8-10-14(11-9-13)16(17,18)19/h6,8-12H,7H2,1-5H3/b12-6+. The van der Waals surface area contributed by atoms with E-state index in [1.54, 1.807) is 12.1 Å². The highest BCUT2D eigenvalue weighted by atomic mass is 28.3. The first-order valence-electron chi connectivity index (χ1n) is 6.77. The molecule has 0 amide bonds. The highest BCUT2D eigenvalue weighted by Gasteiger charge is 2.32. The first-order valence-corrected chi connectivity index (χ1v) is 9.85. The molecule has 0 unspecified atom stereocenters. The van der Waals surface area contributed by atoms with Gasteiger partial charge in [0, 0.05) is 0 Å². The summed E-state index contributed by atoms with van der Waals surface area (Å²) in [7, 11) is -1.46. The lowest BCUT2D eigenvalue weighted by Crippen LogP contribution is -2.34. The van der Waals surface area contributed by atoms with Crippen molar-refractivity contribution in [1.29, 1.82) is 0 Å². The first kappa shape index (κ1) is 17.0. The number of hydrogen-bond donors (Lipinski definition) is 0. The molecule has 0 nitrogen and oxygen atoms in total. The zero-order chi connectivity index (χ0) is 15.6. The number of halogens is 3. The van der Waals surface area contributed by atoms with Crippen LogP contribution in [0.3, 0.4) is 0 Å². The molecule has 1 rings (SSSR count). The van der Waals surface area contributed by atoms with Crippen LogP contribution in [-0.2, 0) is 12.6 Å². The molecule has 0 aromatic heterocycles. The minimum absolute atomic E-state index is 0.281. The Labute approximate surface area is 120 Å². The quantitative estimate of drug-likeness (QED) is 0.614. The molecule has 0 N–H and O–H groups in total. The predicted molar refractivity (Wildman–Crippen MR) is 81.5 cm³/mol. The Morgan fingerprint density at radius 1 is 1.00 bits per heavy atom. The minimum Gasteiger partial charge on any atom is -0.166 e. The van der Waals surface area contributed by atoms with E-state index < -0.39 is 19.8 Å². The number of benzene rings is 1. The molecule has 0 heterocycles. The van der Waals surface area contributed by atoms with Gasteiger partial charge in [-0.3, -0.25) is 0 Å². The Morgan fingerprint density at radius 3 is 1.90 bits per heavy atom. The Bertz CT molecular complexity index is 462. The fourth-order valence-electron chi connectivity index (χ4n) is 1.57. The lowest BCUT2D eigenvalue weighted by atomic mass is 10.1. The number of alkyl halides is 3. The molecular weight excluding hydrogens is 277 g/mol. The summed E-state index contributed by atoms with van der Waals surface area (Å²) in [6.07, 6.45) is -1.47. The van der Waals surface area contributed by atoms with Gasteiger partial charge >= 0.3 is 6.18 Å². The summed E-state index contributed by atoms with van der Waals surface area (Å²) in [6, 6.07) is 5.41. The summed E-state index contributed by atoms with van der Waals surface area (Å²) in [5.41, 5.74) is 2.60. The zero-order valence-electron chi connectivity index (χ0n) is 12.8. The van der Waals surface area contributed by atoms with Crippen molar-refractivity contribution in [1.82, 2.24) is 0 Å². The van der Waals surface area contributed by atoms with E-state index in [-0.39, 0.29) is 5.04 Å². The van der Waals surface area contributed by atoms with Gasteiger partial charge in [0.1, 0.15) is 0 Å². The van der Waals surface area contributed by atoms with Crippen LogP contribution in [-0.4, -0.2) is 8.07 Å². The van der Waals surface area contributed by atoms with Crippen LogP contribution in [0.25, 0.3) is 0 Å². The van der Waals surface area contributed by atoms with Crippen molar-refractivity contribution >= 4 is 8.07 Å². The van der Waals surface area contributed by atoms with Gasteiger partial charge in [0.2, 0.25) is 0 Å². The van der Waals surface area contributed by atoms with E-state index >= 15 is 0 Å². The predicted octanol–water partition coefficient (Wildman–Crippen LogP) is 5.85. The molecule has 0 saturated heterocycles. The summed E-state index contributed by atoms with van der Waals surface area (Å²) < 4.78 is 37.4. The average molecular weight is 300 g/mol. The number of allylic oxidation sites excluding steroid dienone is 1. The van der Waals surface area contributed by atoms with Gasteiger partial charge < -0.3 is 0 Å². The average Bonchev–Trinajstić information content (AvgIpc) is 2.26. The molecule has 1 aromatic rings. The SMILES string of the molecule is CC(C)(C)[Si](C)(C)/C=C/Cc1ccc(C(F)(F)F)cc1. The van der Waals surface area contributed by atoms with Gasteiger partial charge in [0.15, 0.2) is 0 Å². The Hall–Kier alpha value is -1.03. The maximum absolute atomic E-state index is 12.5. The van der Waals surface area contributed by atoms with Crippen LogP contribution >= 0.6 is 0 Å². The van der Waals surface area contributed by atoms with Gasteiger partial charge in [-0.1, -0.05) is 57.8 Å². The maximum Gasteiger partial charge on any atom is 0.416 e. The van der Waals surface area contributed by atoms with Crippen LogP contribution < -0.4 is 0 Å². The van der Waals surface area contributed by atoms with Crippen molar-refractivity contribution in [3.8, 4) is 0 Å². The maximum atomic E-state index is 12.5. The van der Waals surface area contributed by atoms with Crippen LogP contribution in [0.4, 0.5) is 13.2 Å². The van der Waals surface area contributed by atoms with Crippen molar-refractivity contribution in [3.63, 3.8) is 0 Å². The summed E-state index contributed by atoms with van der Waals surface area (Å²) in [5, 5.41) is 0.281. The fraction of sp³-hybridized carbons (Fsp3) is 0.500. The van der Waals surface area contributed by atoms with Gasteiger partial charge in [-0.05, 0) is 29.2 Å². The molecule has 0 fully saturated rings. The molecule has 0 bridgehead atoms. The summed E-state index contributed by atoms with van der Waals surface area (Å²) >= 11 is 0. The van der Waals surface area contributed by atoms with Crippen LogP contribution in [0.1, 0.15) is 31.9 Å². The van der Waals surface area contributed by atoms with Gasteiger partial charge in [0.25, 0.3) is 0 Å². The van der Waals surface area contributed by atoms with Crippen LogP contribution in [0.2, 0.25) is 18.1 Å². The van der Waals surface area contributed by atoms with Gasteiger partial charge in [-0.15, -0.1) is 0 Å². The zero-order valence-corrected chi connectivity index (χ0v) is 13.8. The summed E-state index contributed by atoms with van der Waals surface area (Å²) in [4.78, 5) is 0. The molecule has 0 aliphatic carbocycles. The Balaban J connectivity index is 2.72. The number of rotatable bonds is 3. The molecule has 1 aromatic carbocycles. The highest BCUT2D eigenvalue weighted by Crippen LogP contribution is 2.36. The number of hydrogen-bond acceptors (Lipinski definition) is 0. The minimum atomic E-state index is -4.25. The van der Waals surface area contributed by atoms with Crippen molar-refractivity contribution in [2.24, 2.45) is 0 Å². The van der Waals surface area contributed by atoms with E-state index in [0.29, 0.717) is 6.42 Å². The van der Waals surface area contributed by atoms with E-state index in [1.807, 2.05) is 0 Å². The molecule has 0 aliphatic heterocycles. The van der Waals surface area contributed by atoms with Crippen LogP contribution in [0.5, 0.6) is 0 Å². The van der Waals surface area contributed by atoms with Crippen molar-refractivity contribution in [3.05, 3.63) is 47.2 Å². The molecular formula is C16H23F3Si. The van der Waals surface area contributed by atoms with Crippen molar-refractivity contribution < 1.29 is 13.2 Å². The fourth-order valence-corrected chi connectivity index (χ4v) is 2.78.